The lowest BCUT2D eigenvalue weighted by Crippen LogP contribution is -2.09. The van der Waals surface area contributed by atoms with Crippen molar-refractivity contribution < 1.29 is 23.8 Å². The summed E-state index contributed by atoms with van der Waals surface area (Å²) in [5.41, 5.74) is -0.176. The van der Waals surface area contributed by atoms with Gasteiger partial charge in [-0.25, -0.2) is 9.18 Å². The number of alkyl halides is 1. The van der Waals surface area contributed by atoms with Crippen molar-refractivity contribution in [2.45, 2.75) is 13.6 Å². The van der Waals surface area contributed by atoms with Crippen LogP contribution in [0.25, 0.3) is 0 Å². The lowest BCUT2D eigenvalue weighted by molar-refractivity contribution is -0.131. The lowest BCUT2D eigenvalue weighted by Gasteiger charge is -2.08. The minimum atomic E-state index is -1.26. The molecule has 0 atom stereocenters. The average molecular weight is 212 g/mol. The first kappa shape index (κ1) is 11.2. The molecule has 0 spiro atoms. The number of hydrogen-bond acceptors (Lipinski definition) is 3. The van der Waals surface area contributed by atoms with Crippen LogP contribution in [-0.2, 0) is 11.5 Å². The Hall–Kier alpha value is -1.91. The van der Waals surface area contributed by atoms with E-state index in [4.69, 9.17) is 5.11 Å². The van der Waals surface area contributed by atoms with Gasteiger partial charge in [0.2, 0.25) is 0 Å². The number of carboxylic acids is 1. The maximum Gasteiger partial charge on any atom is 0.339 e. The Labute approximate surface area is 85.3 Å². The number of carboxylic acid groups (broad SMARTS) is 1. The first-order chi connectivity index (χ1) is 7.06. The number of rotatable bonds is 3. The Morgan fingerprint density at radius 1 is 1.47 bits per heavy atom. The standard InChI is InChI=1S/C10H9FO4/c1-6(12)15-9-7(5-11)3-2-4-8(9)10(13)14/h2-4H,5H2,1H3,(H,13,14). The molecule has 80 valence electrons. The second kappa shape index (κ2) is 4.54. The summed E-state index contributed by atoms with van der Waals surface area (Å²) in [6.07, 6.45) is 0. The summed E-state index contributed by atoms with van der Waals surface area (Å²) in [5, 5.41) is 8.78. The van der Waals surface area contributed by atoms with Gasteiger partial charge in [-0.3, -0.25) is 4.79 Å². The van der Waals surface area contributed by atoms with Crippen LogP contribution in [0.15, 0.2) is 18.2 Å². The third-order valence-corrected chi connectivity index (χ3v) is 1.72. The van der Waals surface area contributed by atoms with Crippen molar-refractivity contribution in [1.29, 1.82) is 0 Å². The van der Waals surface area contributed by atoms with Crippen LogP contribution in [0.5, 0.6) is 5.75 Å². The molecule has 4 nitrogen and oxygen atoms in total. The summed E-state index contributed by atoms with van der Waals surface area (Å²) in [6, 6.07) is 4.01. The fourth-order valence-electron chi connectivity index (χ4n) is 1.12. The highest BCUT2D eigenvalue weighted by Crippen LogP contribution is 2.25. The van der Waals surface area contributed by atoms with E-state index in [0.717, 1.165) is 6.92 Å². The molecule has 0 aliphatic heterocycles. The van der Waals surface area contributed by atoms with E-state index in [1.54, 1.807) is 0 Å². The van der Waals surface area contributed by atoms with Crippen molar-refractivity contribution in [1.82, 2.24) is 0 Å². The molecule has 1 aromatic rings. The molecule has 0 saturated carbocycles. The Morgan fingerprint density at radius 3 is 2.60 bits per heavy atom. The highest BCUT2D eigenvalue weighted by Gasteiger charge is 2.16. The molecule has 0 bridgehead atoms. The summed E-state index contributed by atoms with van der Waals surface area (Å²) in [5.74, 6) is -2.17. The quantitative estimate of drug-likeness (QED) is 0.612. The smallest absolute Gasteiger partial charge is 0.339 e. The van der Waals surface area contributed by atoms with E-state index in [-0.39, 0.29) is 16.9 Å². The summed E-state index contributed by atoms with van der Waals surface area (Å²) >= 11 is 0. The van der Waals surface area contributed by atoms with Gasteiger partial charge >= 0.3 is 11.9 Å². The Morgan fingerprint density at radius 2 is 2.13 bits per heavy atom. The van der Waals surface area contributed by atoms with E-state index in [1.165, 1.54) is 18.2 Å². The fourth-order valence-corrected chi connectivity index (χ4v) is 1.12. The van der Waals surface area contributed by atoms with Gasteiger partial charge in [0.05, 0.1) is 0 Å². The van der Waals surface area contributed by atoms with Crippen molar-refractivity contribution >= 4 is 11.9 Å². The van der Waals surface area contributed by atoms with Gasteiger partial charge in [0, 0.05) is 12.5 Å². The van der Waals surface area contributed by atoms with Crippen LogP contribution in [0.3, 0.4) is 0 Å². The third kappa shape index (κ3) is 2.52. The van der Waals surface area contributed by atoms with Crippen molar-refractivity contribution in [2.75, 3.05) is 0 Å². The monoisotopic (exact) mass is 212 g/mol. The number of carbonyl (C=O) groups is 2. The maximum atomic E-state index is 12.5. The van der Waals surface area contributed by atoms with Gasteiger partial charge in [0.15, 0.2) is 5.75 Å². The van der Waals surface area contributed by atoms with Gasteiger partial charge in [-0.2, -0.15) is 0 Å². The average Bonchev–Trinajstić information content (AvgIpc) is 2.16. The highest BCUT2D eigenvalue weighted by molar-refractivity contribution is 5.92. The molecule has 1 rings (SSSR count). The van der Waals surface area contributed by atoms with Gasteiger partial charge in [0.1, 0.15) is 12.2 Å². The second-order valence-corrected chi connectivity index (χ2v) is 2.83. The normalized spacial score (nSPS) is 9.73. The molecule has 0 aromatic heterocycles. The zero-order valence-electron chi connectivity index (χ0n) is 7.99. The van der Waals surface area contributed by atoms with Crippen LogP contribution in [-0.4, -0.2) is 17.0 Å². The van der Waals surface area contributed by atoms with Crippen molar-refractivity contribution in [2.24, 2.45) is 0 Å². The molecule has 1 N–H and O–H groups in total. The molecule has 0 unspecified atom stereocenters. The summed E-state index contributed by atoms with van der Waals surface area (Å²) in [6.45, 7) is 0.240. The molecule has 0 amide bonds. The van der Waals surface area contributed by atoms with Gasteiger partial charge in [-0.15, -0.1) is 0 Å². The predicted octanol–water partition coefficient (Wildman–Crippen LogP) is 1.78. The number of benzene rings is 1. The Kier molecular flexibility index (Phi) is 3.38. The van der Waals surface area contributed by atoms with Crippen LogP contribution in [0.1, 0.15) is 22.8 Å². The van der Waals surface area contributed by atoms with Crippen LogP contribution >= 0.6 is 0 Å². The number of hydrogen-bond donors (Lipinski definition) is 1. The molecule has 0 aliphatic carbocycles. The van der Waals surface area contributed by atoms with Crippen LogP contribution < -0.4 is 4.74 Å². The minimum absolute atomic E-state index is 0.0464. The van der Waals surface area contributed by atoms with Gasteiger partial charge in [-0.1, -0.05) is 12.1 Å². The van der Waals surface area contributed by atoms with Gasteiger partial charge < -0.3 is 9.84 Å². The molecular weight excluding hydrogens is 203 g/mol. The maximum absolute atomic E-state index is 12.5. The molecular formula is C10H9FO4. The predicted molar refractivity (Wildman–Crippen MR) is 49.5 cm³/mol. The fraction of sp³-hybridized carbons (Fsp3) is 0.200. The second-order valence-electron chi connectivity index (χ2n) is 2.83. The molecule has 0 heterocycles. The van der Waals surface area contributed by atoms with E-state index in [9.17, 15) is 14.0 Å². The third-order valence-electron chi connectivity index (χ3n) is 1.72. The highest BCUT2D eigenvalue weighted by atomic mass is 19.1. The Balaban J connectivity index is 3.26. The lowest BCUT2D eigenvalue weighted by atomic mass is 10.1. The summed E-state index contributed by atoms with van der Waals surface area (Å²) in [4.78, 5) is 21.5. The first-order valence-electron chi connectivity index (χ1n) is 4.15. The minimum Gasteiger partial charge on any atom is -0.478 e. The van der Waals surface area contributed by atoms with Crippen molar-refractivity contribution in [3.63, 3.8) is 0 Å². The molecule has 0 aliphatic rings. The summed E-state index contributed by atoms with van der Waals surface area (Å²) in [7, 11) is 0. The van der Waals surface area contributed by atoms with Gasteiger partial charge in [-0.05, 0) is 6.07 Å². The number of para-hydroxylation sites is 1. The van der Waals surface area contributed by atoms with Crippen LogP contribution in [0.4, 0.5) is 4.39 Å². The molecule has 0 radical (unpaired) electrons. The van der Waals surface area contributed by atoms with Crippen molar-refractivity contribution in [3.8, 4) is 5.75 Å². The van der Waals surface area contributed by atoms with Crippen molar-refractivity contribution in [3.05, 3.63) is 29.3 Å². The molecule has 5 heteroatoms. The number of aromatic carboxylic acids is 1. The topological polar surface area (TPSA) is 63.6 Å². The largest absolute Gasteiger partial charge is 0.478 e. The van der Waals surface area contributed by atoms with Crippen LogP contribution in [0, 0.1) is 0 Å². The van der Waals surface area contributed by atoms with E-state index >= 15 is 0 Å². The van der Waals surface area contributed by atoms with Crippen LogP contribution in [0.2, 0.25) is 0 Å². The zero-order valence-corrected chi connectivity index (χ0v) is 7.99. The first-order valence-corrected chi connectivity index (χ1v) is 4.15. The molecule has 1 aromatic carbocycles. The van der Waals surface area contributed by atoms with E-state index < -0.39 is 18.6 Å². The van der Waals surface area contributed by atoms with Gasteiger partial charge in [0.25, 0.3) is 0 Å². The van der Waals surface area contributed by atoms with E-state index in [0.29, 0.717) is 0 Å². The molecule has 0 saturated heterocycles. The summed E-state index contributed by atoms with van der Waals surface area (Å²) < 4.78 is 17.2. The SMILES string of the molecule is CC(=O)Oc1c(CF)cccc1C(=O)O. The van der Waals surface area contributed by atoms with E-state index in [1.807, 2.05) is 0 Å². The van der Waals surface area contributed by atoms with E-state index in [2.05, 4.69) is 4.74 Å². The number of esters is 1. The zero-order chi connectivity index (χ0) is 11.4. The number of carbonyl (C=O) groups excluding carboxylic acids is 1. The molecule has 15 heavy (non-hydrogen) atoms. The Bertz CT molecular complexity index is 400. The number of halogens is 1. The molecule has 0 fully saturated rings. The number of ether oxygens (including phenoxy) is 1.